The highest BCUT2D eigenvalue weighted by Crippen LogP contribution is 2.27. The number of amides is 1. The highest BCUT2D eigenvalue weighted by molar-refractivity contribution is 7.09. The molecule has 0 bridgehead atoms. The van der Waals surface area contributed by atoms with Crippen molar-refractivity contribution in [2.75, 3.05) is 27.9 Å². The Labute approximate surface area is 143 Å². The van der Waals surface area contributed by atoms with Gasteiger partial charge in [0, 0.05) is 6.54 Å². The predicted octanol–water partition coefficient (Wildman–Crippen LogP) is 1.26. The maximum Gasteiger partial charge on any atom is 0.274 e. The van der Waals surface area contributed by atoms with E-state index in [-0.39, 0.29) is 11.6 Å². The third-order valence-electron chi connectivity index (χ3n) is 3.14. The molecule has 1 amide bonds. The van der Waals surface area contributed by atoms with Gasteiger partial charge in [0.15, 0.2) is 17.2 Å². The molecular weight excluding hydrogens is 332 g/mol. The van der Waals surface area contributed by atoms with Gasteiger partial charge in [0.05, 0.1) is 20.4 Å². The third kappa shape index (κ3) is 4.42. The lowest BCUT2D eigenvalue weighted by molar-refractivity contribution is -0.114. The van der Waals surface area contributed by atoms with E-state index in [1.165, 1.54) is 13.3 Å². The van der Waals surface area contributed by atoms with E-state index in [0.29, 0.717) is 29.3 Å². The molecule has 1 aromatic carbocycles. The van der Waals surface area contributed by atoms with Gasteiger partial charge >= 0.3 is 0 Å². The highest BCUT2D eigenvalue weighted by atomic mass is 32.1. The summed E-state index contributed by atoms with van der Waals surface area (Å²) in [6.45, 7) is 0.434. The SMILES string of the molecule is CO/N=C(\C(=O)NCCc1ccc(OC)c(OC)c1)c1cnns1. The zero-order valence-electron chi connectivity index (χ0n) is 13.6. The minimum atomic E-state index is -0.344. The summed E-state index contributed by atoms with van der Waals surface area (Å²) < 4.78 is 14.2. The van der Waals surface area contributed by atoms with Gasteiger partial charge in [-0.25, -0.2) is 0 Å². The van der Waals surface area contributed by atoms with E-state index < -0.39 is 0 Å². The smallest absolute Gasteiger partial charge is 0.274 e. The molecule has 2 rings (SSSR count). The van der Waals surface area contributed by atoms with Gasteiger partial charge in [-0.2, -0.15) is 0 Å². The molecule has 0 spiro atoms. The lowest BCUT2D eigenvalue weighted by Gasteiger charge is -2.10. The van der Waals surface area contributed by atoms with Gasteiger partial charge in [0.2, 0.25) is 0 Å². The van der Waals surface area contributed by atoms with E-state index in [4.69, 9.17) is 14.3 Å². The van der Waals surface area contributed by atoms with Crippen LogP contribution < -0.4 is 14.8 Å². The number of carbonyl (C=O) groups excluding carboxylic acids is 1. The van der Waals surface area contributed by atoms with Crippen molar-refractivity contribution in [3.05, 3.63) is 34.8 Å². The van der Waals surface area contributed by atoms with Crippen LogP contribution in [0.4, 0.5) is 0 Å². The van der Waals surface area contributed by atoms with Crippen molar-refractivity contribution >= 4 is 23.2 Å². The van der Waals surface area contributed by atoms with Gasteiger partial charge < -0.3 is 19.6 Å². The fourth-order valence-corrected chi connectivity index (χ4v) is 2.49. The summed E-state index contributed by atoms with van der Waals surface area (Å²) in [5, 5.41) is 10.2. The molecule has 0 saturated heterocycles. The molecule has 1 aromatic heterocycles. The number of hydrogen-bond donors (Lipinski definition) is 1. The first-order valence-corrected chi connectivity index (χ1v) is 7.85. The topological polar surface area (TPSA) is 94.9 Å². The van der Waals surface area contributed by atoms with Crippen LogP contribution in [-0.4, -0.2) is 49.1 Å². The third-order valence-corrected chi connectivity index (χ3v) is 3.81. The van der Waals surface area contributed by atoms with Crippen molar-refractivity contribution in [3.63, 3.8) is 0 Å². The number of hydrogen-bond acceptors (Lipinski definition) is 8. The number of rotatable bonds is 8. The Bertz CT molecular complexity index is 704. The van der Waals surface area contributed by atoms with Crippen molar-refractivity contribution in [2.45, 2.75) is 6.42 Å². The Morgan fingerprint density at radius 3 is 2.67 bits per heavy atom. The van der Waals surface area contributed by atoms with Crippen LogP contribution in [0.1, 0.15) is 10.4 Å². The zero-order chi connectivity index (χ0) is 17.4. The van der Waals surface area contributed by atoms with Crippen molar-refractivity contribution in [1.29, 1.82) is 0 Å². The summed E-state index contributed by atoms with van der Waals surface area (Å²) >= 11 is 1.08. The van der Waals surface area contributed by atoms with E-state index in [2.05, 4.69) is 20.1 Å². The molecule has 0 radical (unpaired) electrons. The number of benzene rings is 1. The summed E-state index contributed by atoms with van der Waals surface area (Å²) in [4.78, 5) is 17.5. The number of aromatic nitrogens is 2. The predicted molar refractivity (Wildman–Crippen MR) is 89.7 cm³/mol. The average molecular weight is 350 g/mol. The Balaban J connectivity index is 1.96. The second-order valence-electron chi connectivity index (χ2n) is 4.60. The van der Waals surface area contributed by atoms with Crippen LogP contribution in [0.25, 0.3) is 0 Å². The molecule has 1 heterocycles. The van der Waals surface area contributed by atoms with Gasteiger partial charge in [-0.3, -0.25) is 4.79 Å². The highest BCUT2D eigenvalue weighted by Gasteiger charge is 2.17. The molecule has 0 atom stereocenters. The molecule has 0 unspecified atom stereocenters. The largest absolute Gasteiger partial charge is 0.493 e. The molecule has 8 nitrogen and oxygen atoms in total. The fraction of sp³-hybridized carbons (Fsp3) is 0.333. The second-order valence-corrected chi connectivity index (χ2v) is 5.39. The van der Waals surface area contributed by atoms with Crippen LogP contribution in [0.5, 0.6) is 11.5 Å². The van der Waals surface area contributed by atoms with Crippen LogP contribution in [0.3, 0.4) is 0 Å². The molecule has 1 N–H and O–H groups in total. The number of carbonyl (C=O) groups is 1. The standard InChI is InChI=1S/C15H18N4O4S/c1-21-11-5-4-10(8-12(11)22-2)6-7-16-15(20)14(18-23-3)13-9-17-19-24-13/h4-5,8-9H,6-7H2,1-3H3,(H,16,20)/b18-14-. The fourth-order valence-electron chi connectivity index (χ4n) is 2.00. The van der Waals surface area contributed by atoms with Crippen molar-refractivity contribution < 1.29 is 19.1 Å². The Morgan fingerprint density at radius 2 is 2.04 bits per heavy atom. The molecule has 0 saturated carbocycles. The molecule has 0 aliphatic rings. The Morgan fingerprint density at radius 1 is 1.25 bits per heavy atom. The molecule has 128 valence electrons. The lowest BCUT2D eigenvalue weighted by Crippen LogP contribution is -2.33. The summed E-state index contributed by atoms with van der Waals surface area (Å²) in [6.07, 6.45) is 2.10. The van der Waals surface area contributed by atoms with E-state index in [1.54, 1.807) is 14.2 Å². The van der Waals surface area contributed by atoms with Crippen molar-refractivity contribution in [2.24, 2.45) is 5.16 Å². The van der Waals surface area contributed by atoms with Crippen LogP contribution in [0.2, 0.25) is 0 Å². The van der Waals surface area contributed by atoms with Gasteiger partial charge in [-0.15, -0.1) is 5.10 Å². The number of ether oxygens (including phenoxy) is 2. The molecule has 24 heavy (non-hydrogen) atoms. The summed E-state index contributed by atoms with van der Waals surface area (Å²) in [6, 6.07) is 5.63. The molecule has 2 aromatic rings. The maximum absolute atomic E-state index is 12.2. The van der Waals surface area contributed by atoms with Crippen molar-refractivity contribution in [3.8, 4) is 11.5 Å². The van der Waals surface area contributed by atoms with E-state index in [9.17, 15) is 4.79 Å². The van der Waals surface area contributed by atoms with Crippen molar-refractivity contribution in [1.82, 2.24) is 14.9 Å². The van der Waals surface area contributed by atoms with Gasteiger partial charge in [-0.1, -0.05) is 15.7 Å². The first-order chi connectivity index (χ1) is 11.7. The number of oxime groups is 1. The molecule has 0 aliphatic carbocycles. The summed E-state index contributed by atoms with van der Waals surface area (Å²) in [7, 11) is 4.55. The van der Waals surface area contributed by atoms with Crippen LogP contribution in [-0.2, 0) is 16.1 Å². The van der Waals surface area contributed by atoms with E-state index in [0.717, 1.165) is 17.1 Å². The zero-order valence-corrected chi connectivity index (χ0v) is 14.4. The molecule has 0 fully saturated rings. The normalized spacial score (nSPS) is 11.0. The first-order valence-electron chi connectivity index (χ1n) is 7.07. The minimum Gasteiger partial charge on any atom is -0.493 e. The van der Waals surface area contributed by atoms with Crippen LogP contribution in [0, 0.1) is 0 Å². The maximum atomic E-state index is 12.2. The van der Waals surface area contributed by atoms with Gasteiger partial charge in [0.25, 0.3) is 5.91 Å². The van der Waals surface area contributed by atoms with Gasteiger partial charge in [-0.05, 0) is 35.6 Å². The number of methoxy groups -OCH3 is 2. The second kappa shape index (κ2) is 8.82. The monoisotopic (exact) mass is 350 g/mol. The summed E-state index contributed by atoms with van der Waals surface area (Å²) in [5.41, 5.74) is 1.16. The molecule has 9 heteroatoms. The Kier molecular flexibility index (Phi) is 6.50. The molecular formula is C15H18N4O4S. The van der Waals surface area contributed by atoms with E-state index >= 15 is 0 Å². The molecule has 0 aliphatic heterocycles. The summed E-state index contributed by atoms with van der Waals surface area (Å²) in [5.74, 6) is 0.972. The quantitative estimate of drug-likeness (QED) is 0.569. The van der Waals surface area contributed by atoms with Gasteiger partial charge in [0.1, 0.15) is 12.0 Å². The van der Waals surface area contributed by atoms with Crippen LogP contribution in [0.15, 0.2) is 29.6 Å². The first kappa shape index (κ1) is 17.7. The minimum absolute atomic E-state index is 0.153. The average Bonchev–Trinajstić information content (AvgIpc) is 3.13. The van der Waals surface area contributed by atoms with E-state index in [1.807, 2.05) is 18.2 Å². The number of nitrogens with one attached hydrogen (secondary N) is 1. The Hall–Kier alpha value is -2.68. The lowest BCUT2D eigenvalue weighted by atomic mass is 10.1. The number of nitrogens with zero attached hydrogens (tertiary/aromatic N) is 3. The van der Waals surface area contributed by atoms with Crippen LogP contribution >= 0.6 is 11.5 Å².